The highest BCUT2D eigenvalue weighted by Crippen LogP contribution is 2.30. The summed E-state index contributed by atoms with van der Waals surface area (Å²) < 4.78 is 11.2. The Balaban J connectivity index is 1.68. The number of aryl methyl sites for hydroxylation is 1. The van der Waals surface area contributed by atoms with Crippen LogP contribution >= 0.6 is 0 Å². The molecule has 2 aromatic rings. The van der Waals surface area contributed by atoms with Crippen molar-refractivity contribution in [3.63, 3.8) is 0 Å². The van der Waals surface area contributed by atoms with Crippen LogP contribution in [0.25, 0.3) is 0 Å². The monoisotopic (exact) mass is 297 g/mol. The van der Waals surface area contributed by atoms with Crippen LogP contribution in [-0.4, -0.2) is 19.1 Å². The summed E-state index contributed by atoms with van der Waals surface area (Å²) in [5.74, 6) is 1.23. The van der Waals surface area contributed by atoms with Crippen molar-refractivity contribution in [2.75, 3.05) is 13.2 Å². The van der Waals surface area contributed by atoms with E-state index in [9.17, 15) is 4.79 Å². The van der Waals surface area contributed by atoms with Gasteiger partial charge in [-0.25, -0.2) is 0 Å². The van der Waals surface area contributed by atoms with E-state index >= 15 is 0 Å². The third-order valence-corrected chi connectivity index (χ3v) is 3.55. The number of carbonyl (C=O) groups is 1. The molecule has 1 aliphatic heterocycles. The van der Waals surface area contributed by atoms with Gasteiger partial charge in [0.1, 0.15) is 0 Å². The Morgan fingerprint density at radius 2 is 1.91 bits per heavy atom. The van der Waals surface area contributed by atoms with Gasteiger partial charge in [0.2, 0.25) is 0 Å². The lowest BCUT2D eigenvalue weighted by atomic mass is 10.1. The van der Waals surface area contributed by atoms with Gasteiger partial charge in [-0.05, 0) is 30.7 Å². The van der Waals surface area contributed by atoms with Crippen LogP contribution in [0.15, 0.2) is 42.5 Å². The van der Waals surface area contributed by atoms with Crippen molar-refractivity contribution in [1.29, 1.82) is 0 Å². The summed E-state index contributed by atoms with van der Waals surface area (Å²) in [6, 6.07) is 13.4. The topological polar surface area (TPSA) is 47.6 Å². The number of hydrogen-bond acceptors (Lipinski definition) is 3. The third kappa shape index (κ3) is 3.39. The number of fused-ring (bicyclic) bond motifs is 1. The van der Waals surface area contributed by atoms with Crippen molar-refractivity contribution in [2.45, 2.75) is 19.9 Å². The minimum absolute atomic E-state index is 0.114. The molecule has 1 aliphatic rings. The molecule has 0 fully saturated rings. The smallest absolute Gasteiger partial charge is 0.251 e. The van der Waals surface area contributed by atoms with Gasteiger partial charge in [-0.2, -0.15) is 0 Å². The quantitative estimate of drug-likeness (QED) is 0.947. The van der Waals surface area contributed by atoms with E-state index in [-0.39, 0.29) is 5.91 Å². The molecule has 0 spiro atoms. The summed E-state index contributed by atoms with van der Waals surface area (Å²) in [5, 5.41) is 2.93. The first kappa shape index (κ1) is 14.4. The zero-order chi connectivity index (χ0) is 15.4. The Bertz CT molecular complexity index is 682. The highest BCUT2D eigenvalue weighted by molar-refractivity contribution is 5.94. The number of rotatable bonds is 3. The van der Waals surface area contributed by atoms with Gasteiger partial charge in [0, 0.05) is 18.5 Å². The van der Waals surface area contributed by atoms with Crippen LogP contribution in [0.2, 0.25) is 0 Å². The summed E-state index contributed by atoms with van der Waals surface area (Å²) in [5.41, 5.74) is 2.85. The number of amides is 1. The molecule has 0 unspecified atom stereocenters. The van der Waals surface area contributed by atoms with Crippen molar-refractivity contribution in [2.24, 2.45) is 0 Å². The SMILES string of the molecule is Cc1cccc(CNC(=O)c2ccc3c(c2)OCCCO3)c1. The Morgan fingerprint density at radius 3 is 2.73 bits per heavy atom. The van der Waals surface area contributed by atoms with Gasteiger partial charge < -0.3 is 14.8 Å². The molecule has 22 heavy (non-hydrogen) atoms. The van der Waals surface area contributed by atoms with Crippen molar-refractivity contribution in [3.05, 3.63) is 59.2 Å². The van der Waals surface area contributed by atoms with E-state index in [4.69, 9.17) is 9.47 Å². The first-order valence-electron chi connectivity index (χ1n) is 7.46. The highest BCUT2D eigenvalue weighted by Gasteiger charge is 2.13. The van der Waals surface area contributed by atoms with Crippen molar-refractivity contribution in [1.82, 2.24) is 5.32 Å². The second-order valence-corrected chi connectivity index (χ2v) is 5.38. The molecule has 4 nitrogen and oxygen atoms in total. The largest absolute Gasteiger partial charge is 0.490 e. The van der Waals surface area contributed by atoms with Gasteiger partial charge in [0.05, 0.1) is 13.2 Å². The molecule has 0 saturated carbocycles. The lowest BCUT2D eigenvalue weighted by Crippen LogP contribution is -2.22. The van der Waals surface area contributed by atoms with Gasteiger partial charge >= 0.3 is 0 Å². The van der Waals surface area contributed by atoms with Crippen molar-refractivity contribution < 1.29 is 14.3 Å². The maximum absolute atomic E-state index is 12.3. The van der Waals surface area contributed by atoms with Crippen LogP contribution in [-0.2, 0) is 6.54 Å². The minimum atomic E-state index is -0.114. The fourth-order valence-corrected chi connectivity index (χ4v) is 2.41. The van der Waals surface area contributed by atoms with Crippen LogP contribution in [0.4, 0.5) is 0 Å². The maximum Gasteiger partial charge on any atom is 0.251 e. The molecule has 0 bridgehead atoms. The van der Waals surface area contributed by atoms with Crippen LogP contribution in [0.5, 0.6) is 11.5 Å². The molecule has 0 radical (unpaired) electrons. The molecule has 114 valence electrons. The van der Waals surface area contributed by atoms with Gasteiger partial charge in [0.15, 0.2) is 11.5 Å². The predicted octanol–water partition coefficient (Wildman–Crippen LogP) is 3.09. The van der Waals surface area contributed by atoms with E-state index in [1.54, 1.807) is 18.2 Å². The van der Waals surface area contributed by atoms with E-state index in [2.05, 4.69) is 11.4 Å². The third-order valence-electron chi connectivity index (χ3n) is 3.55. The summed E-state index contributed by atoms with van der Waals surface area (Å²) in [4.78, 5) is 12.3. The molecule has 1 amide bonds. The van der Waals surface area contributed by atoms with Crippen LogP contribution in [0.1, 0.15) is 27.9 Å². The first-order valence-corrected chi connectivity index (χ1v) is 7.46. The Labute approximate surface area is 130 Å². The molecule has 0 aliphatic carbocycles. The maximum atomic E-state index is 12.3. The minimum Gasteiger partial charge on any atom is -0.490 e. The number of ether oxygens (including phenoxy) is 2. The molecule has 2 aromatic carbocycles. The average molecular weight is 297 g/mol. The number of nitrogens with one attached hydrogen (secondary N) is 1. The van der Waals surface area contributed by atoms with Gasteiger partial charge in [-0.1, -0.05) is 29.8 Å². The molecule has 4 heteroatoms. The Hall–Kier alpha value is -2.49. The summed E-state index contributed by atoms with van der Waals surface area (Å²) >= 11 is 0. The highest BCUT2D eigenvalue weighted by atomic mass is 16.5. The molecule has 1 N–H and O–H groups in total. The number of benzene rings is 2. The van der Waals surface area contributed by atoms with Crippen molar-refractivity contribution in [3.8, 4) is 11.5 Å². The molecule has 1 heterocycles. The normalized spacial score (nSPS) is 13.3. The van der Waals surface area contributed by atoms with E-state index in [1.807, 2.05) is 25.1 Å². The predicted molar refractivity (Wildman–Crippen MR) is 84.4 cm³/mol. The second-order valence-electron chi connectivity index (χ2n) is 5.38. The van der Waals surface area contributed by atoms with E-state index in [0.29, 0.717) is 36.8 Å². The van der Waals surface area contributed by atoms with E-state index in [1.165, 1.54) is 5.56 Å². The fraction of sp³-hybridized carbons (Fsp3) is 0.278. The van der Waals surface area contributed by atoms with Crippen molar-refractivity contribution >= 4 is 5.91 Å². The van der Waals surface area contributed by atoms with Gasteiger partial charge in [-0.3, -0.25) is 4.79 Å². The van der Waals surface area contributed by atoms with Crippen LogP contribution in [0, 0.1) is 6.92 Å². The van der Waals surface area contributed by atoms with Gasteiger partial charge in [-0.15, -0.1) is 0 Å². The summed E-state index contributed by atoms with van der Waals surface area (Å²) in [6.07, 6.45) is 0.851. The van der Waals surface area contributed by atoms with Gasteiger partial charge in [0.25, 0.3) is 5.91 Å². The van der Waals surface area contributed by atoms with Crippen LogP contribution < -0.4 is 14.8 Å². The Kier molecular flexibility index (Phi) is 4.28. The standard InChI is InChI=1S/C18H19NO3/c1-13-4-2-5-14(10-13)12-19-18(20)15-6-7-16-17(11-15)22-9-3-8-21-16/h2,4-7,10-11H,3,8-9,12H2,1H3,(H,19,20). The van der Waals surface area contributed by atoms with Crippen LogP contribution in [0.3, 0.4) is 0 Å². The lowest BCUT2D eigenvalue weighted by molar-refractivity contribution is 0.0950. The molecule has 0 aromatic heterocycles. The second kappa shape index (κ2) is 6.52. The fourth-order valence-electron chi connectivity index (χ4n) is 2.41. The molecule has 0 atom stereocenters. The summed E-state index contributed by atoms with van der Waals surface area (Å²) in [7, 11) is 0. The molecule has 0 saturated heterocycles. The van der Waals surface area contributed by atoms with E-state index < -0.39 is 0 Å². The lowest BCUT2D eigenvalue weighted by Gasteiger charge is -2.10. The average Bonchev–Trinajstić information content (AvgIpc) is 2.77. The molecule has 3 rings (SSSR count). The Morgan fingerprint density at radius 1 is 1.09 bits per heavy atom. The summed E-state index contributed by atoms with van der Waals surface area (Å²) in [6.45, 7) is 3.80. The number of carbonyl (C=O) groups excluding carboxylic acids is 1. The molecular weight excluding hydrogens is 278 g/mol. The molecular formula is C18H19NO3. The number of hydrogen-bond donors (Lipinski definition) is 1. The van der Waals surface area contributed by atoms with E-state index in [0.717, 1.165) is 12.0 Å². The zero-order valence-electron chi connectivity index (χ0n) is 12.6. The first-order chi connectivity index (χ1) is 10.7. The zero-order valence-corrected chi connectivity index (χ0v) is 12.6.